The van der Waals surface area contributed by atoms with Crippen LogP contribution in [0, 0.1) is 0 Å². The van der Waals surface area contributed by atoms with E-state index in [1.807, 2.05) is 0 Å². The second-order valence-corrected chi connectivity index (χ2v) is 3.92. The molecule has 0 aliphatic carbocycles. The highest BCUT2D eigenvalue weighted by molar-refractivity contribution is 6.33. The SMILES string of the molecule is Nc1ncc(C(=O)NCCOCC(F)(F)F)cc1Cl. The smallest absolute Gasteiger partial charge is 0.382 e. The van der Waals surface area contributed by atoms with Crippen molar-refractivity contribution in [1.82, 2.24) is 10.3 Å². The van der Waals surface area contributed by atoms with Gasteiger partial charge < -0.3 is 15.8 Å². The highest BCUT2D eigenvalue weighted by atomic mass is 35.5. The van der Waals surface area contributed by atoms with Gasteiger partial charge in [-0.15, -0.1) is 0 Å². The van der Waals surface area contributed by atoms with Gasteiger partial charge in [-0.05, 0) is 6.07 Å². The van der Waals surface area contributed by atoms with Crippen LogP contribution in [-0.2, 0) is 4.74 Å². The molecule has 1 aromatic rings. The highest BCUT2D eigenvalue weighted by Crippen LogP contribution is 2.16. The van der Waals surface area contributed by atoms with Gasteiger partial charge in [-0.2, -0.15) is 13.2 Å². The second kappa shape index (κ2) is 6.58. The van der Waals surface area contributed by atoms with Gasteiger partial charge in [-0.3, -0.25) is 4.79 Å². The molecule has 19 heavy (non-hydrogen) atoms. The van der Waals surface area contributed by atoms with E-state index in [9.17, 15) is 18.0 Å². The summed E-state index contributed by atoms with van der Waals surface area (Å²) in [6, 6.07) is 1.32. The fourth-order valence-electron chi connectivity index (χ4n) is 1.10. The number of hydrogen-bond acceptors (Lipinski definition) is 4. The molecule has 1 heterocycles. The summed E-state index contributed by atoms with van der Waals surface area (Å²) in [6.45, 7) is -1.66. The van der Waals surface area contributed by atoms with E-state index in [2.05, 4.69) is 15.0 Å². The number of anilines is 1. The third-order valence-electron chi connectivity index (χ3n) is 1.93. The Kier molecular flexibility index (Phi) is 5.37. The normalized spacial score (nSPS) is 11.4. The molecule has 9 heteroatoms. The van der Waals surface area contributed by atoms with Crippen molar-refractivity contribution in [1.29, 1.82) is 0 Å². The number of nitrogens with two attached hydrogens (primary N) is 1. The van der Waals surface area contributed by atoms with E-state index in [4.69, 9.17) is 17.3 Å². The number of alkyl halides is 3. The van der Waals surface area contributed by atoms with Crippen LogP contribution in [0.5, 0.6) is 0 Å². The van der Waals surface area contributed by atoms with E-state index in [1.54, 1.807) is 0 Å². The Morgan fingerprint density at radius 3 is 2.79 bits per heavy atom. The standard InChI is InChI=1S/C10H11ClF3N3O2/c11-7-3-6(4-17-8(7)15)9(18)16-1-2-19-5-10(12,13)14/h3-4H,1-2,5H2,(H2,15,17)(H,16,18). The van der Waals surface area contributed by atoms with Gasteiger partial charge in [0.05, 0.1) is 17.2 Å². The van der Waals surface area contributed by atoms with Gasteiger partial charge in [0, 0.05) is 12.7 Å². The number of amides is 1. The predicted molar refractivity (Wildman–Crippen MR) is 62.9 cm³/mol. The molecule has 0 radical (unpaired) electrons. The van der Waals surface area contributed by atoms with Crippen LogP contribution in [0.15, 0.2) is 12.3 Å². The lowest BCUT2D eigenvalue weighted by atomic mass is 10.2. The van der Waals surface area contributed by atoms with Crippen LogP contribution in [0.4, 0.5) is 19.0 Å². The van der Waals surface area contributed by atoms with Crippen molar-refractivity contribution in [2.75, 3.05) is 25.5 Å². The Morgan fingerprint density at radius 2 is 2.21 bits per heavy atom. The molecule has 0 saturated carbocycles. The van der Waals surface area contributed by atoms with Crippen molar-refractivity contribution in [2.24, 2.45) is 0 Å². The maximum absolute atomic E-state index is 11.7. The van der Waals surface area contributed by atoms with E-state index < -0.39 is 18.7 Å². The molecule has 0 aliphatic heterocycles. The van der Waals surface area contributed by atoms with Crippen molar-refractivity contribution >= 4 is 23.3 Å². The van der Waals surface area contributed by atoms with E-state index in [0.717, 1.165) is 0 Å². The van der Waals surface area contributed by atoms with Crippen LogP contribution < -0.4 is 11.1 Å². The molecule has 0 aliphatic rings. The molecule has 5 nitrogen and oxygen atoms in total. The van der Waals surface area contributed by atoms with Crippen LogP contribution >= 0.6 is 11.6 Å². The minimum absolute atomic E-state index is 0.0586. The molecule has 0 aromatic carbocycles. The highest BCUT2D eigenvalue weighted by Gasteiger charge is 2.27. The van der Waals surface area contributed by atoms with E-state index in [0.29, 0.717) is 0 Å². The average Bonchev–Trinajstić information content (AvgIpc) is 2.30. The maximum Gasteiger partial charge on any atom is 0.411 e. The first-order chi connectivity index (χ1) is 8.79. The zero-order chi connectivity index (χ0) is 14.5. The quantitative estimate of drug-likeness (QED) is 0.810. The van der Waals surface area contributed by atoms with Gasteiger partial charge in [0.2, 0.25) is 0 Å². The lowest BCUT2D eigenvalue weighted by molar-refractivity contribution is -0.173. The number of rotatable bonds is 5. The second-order valence-electron chi connectivity index (χ2n) is 3.51. The number of nitrogen functional groups attached to an aromatic ring is 1. The summed E-state index contributed by atoms with van der Waals surface area (Å²) in [7, 11) is 0. The van der Waals surface area contributed by atoms with E-state index >= 15 is 0 Å². The Balaban J connectivity index is 2.33. The summed E-state index contributed by atoms with van der Waals surface area (Å²) < 4.78 is 39.6. The molecule has 0 spiro atoms. The summed E-state index contributed by atoms with van der Waals surface area (Å²) in [4.78, 5) is 15.2. The molecule has 0 fully saturated rings. The van der Waals surface area contributed by atoms with Crippen LogP contribution in [0.1, 0.15) is 10.4 Å². The zero-order valence-electron chi connectivity index (χ0n) is 9.63. The van der Waals surface area contributed by atoms with Crippen molar-refractivity contribution in [3.8, 4) is 0 Å². The zero-order valence-corrected chi connectivity index (χ0v) is 10.4. The number of carbonyl (C=O) groups is 1. The van der Waals surface area contributed by atoms with Gasteiger partial charge >= 0.3 is 6.18 Å². The molecule has 0 atom stereocenters. The fourth-order valence-corrected chi connectivity index (χ4v) is 1.27. The van der Waals surface area contributed by atoms with Crippen molar-refractivity contribution in [3.63, 3.8) is 0 Å². The number of nitrogens with one attached hydrogen (secondary N) is 1. The van der Waals surface area contributed by atoms with Crippen LogP contribution in [0.25, 0.3) is 0 Å². The predicted octanol–water partition coefficient (Wildman–Crippen LogP) is 1.63. The van der Waals surface area contributed by atoms with E-state index in [1.165, 1.54) is 12.3 Å². The summed E-state index contributed by atoms with van der Waals surface area (Å²) in [5, 5.41) is 2.49. The summed E-state index contributed by atoms with van der Waals surface area (Å²) in [5.41, 5.74) is 5.53. The maximum atomic E-state index is 11.7. The van der Waals surface area contributed by atoms with Gasteiger partial charge in [0.15, 0.2) is 0 Å². The Hall–Kier alpha value is -1.54. The van der Waals surface area contributed by atoms with Crippen LogP contribution in [0.3, 0.4) is 0 Å². The van der Waals surface area contributed by atoms with Gasteiger partial charge in [-0.1, -0.05) is 11.6 Å². The fraction of sp³-hybridized carbons (Fsp3) is 0.400. The summed E-state index contributed by atoms with van der Waals surface area (Å²) >= 11 is 5.67. The number of ether oxygens (including phenoxy) is 1. The number of aromatic nitrogens is 1. The molecular formula is C10H11ClF3N3O2. The molecular weight excluding hydrogens is 287 g/mol. The third kappa shape index (κ3) is 5.75. The lowest BCUT2D eigenvalue weighted by Gasteiger charge is -2.08. The van der Waals surface area contributed by atoms with Gasteiger partial charge in [0.1, 0.15) is 12.4 Å². The van der Waals surface area contributed by atoms with Crippen molar-refractivity contribution < 1.29 is 22.7 Å². The number of hydrogen-bond donors (Lipinski definition) is 2. The first-order valence-corrected chi connectivity index (χ1v) is 5.51. The lowest BCUT2D eigenvalue weighted by Crippen LogP contribution is -2.29. The number of carbonyl (C=O) groups excluding carboxylic acids is 1. The number of nitrogens with zero attached hydrogens (tertiary/aromatic N) is 1. The average molecular weight is 298 g/mol. The molecule has 1 aromatic heterocycles. The summed E-state index contributed by atoms with van der Waals surface area (Å²) in [6.07, 6.45) is -3.16. The van der Waals surface area contributed by atoms with Crippen LogP contribution in [0.2, 0.25) is 5.02 Å². The van der Waals surface area contributed by atoms with Crippen molar-refractivity contribution in [3.05, 3.63) is 22.8 Å². The minimum atomic E-state index is -4.38. The molecule has 106 valence electrons. The molecule has 3 N–H and O–H groups in total. The first kappa shape index (κ1) is 15.5. The molecule has 0 saturated heterocycles. The monoisotopic (exact) mass is 297 g/mol. The minimum Gasteiger partial charge on any atom is -0.382 e. The summed E-state index contributed by atoms with van der Waals surface area (Å²) in [5.74, 6) is -0.434. The van der Waals surface area contributed by atoms with Crippen LogP contribution in [-0.4, -0.2) is 36.8 Å². The number of halogens is 4. The molecule has 1 rings (SSSR count). The Labute approximate surface area is 111 Å². The van der Waals surface area contributed by atoms with E-state index in [-0.39, 0.29) is 29.6 Å². The largest absolute Gasteiger partial charge is 0.411 e. The first-order valence-electron chi connectivity index (χ1n) is 5.13. The molecule has 0 bridgehead atoms. The Bertz CT molecular complexity index is 454. The van der Waals surface area contributed by atoms with Gasteiger partial charge in [-0.25, -0.2) is 4.98 Å². The Morgan fingerprint density at radius 1 is 1.53 bits per heavy atom. The molecule has 0 unspecified atom stereocenters. The third-order valence-corrected chi connectivity index (χ3v) is 2.23. The van der Waals surface area contributed by atoms with Gasteiger partial charge in [0.25, 0.3) is 5.91 Å². The number of pyridine rings is 1. The topological polar surface area (TPSA) is 77.2 Å². The molecule has 1 amide bonds. The van der Waals surface area contributed by atoms with Crippen molar-refractivity contribution in [2.45, 2.75) is 6.18 Å².